The van der Waals surface area contributed by atoms with Gasteiger partial charge in [-0.15, -0.1) is 5.01 Å². The Morgan fingerprint density at radius 3 is 2.58 bits per heavy atom. The molecule has 0 spiro atoms. The molecule has 0 atom stereocenters. The van der Waals surface area contributed by atoms with Crippen molar-refractivity contribution in [2.24, 2.45) is 15.3 Å². The van der Waals surface area contributed by atoms with Gasteiger partial charge in [-0.25, -0.2) is 9.79 Å². The summed E-state index contributed by atoms with van der Waals surface area (Å²) in [5.41, 5.74) is 0. The predicted octanol–water partition coefficient (Wildman–Crippen LogP) is 0.733. The second kappa shape index (κ2) is 4.83. The molecule has 0 aliphatic heterocycles. The van der Waals surface area contributed by atoms with Gasteiger partial charge in [-0.1, -0.05) is 5.22 Å². The molecule has 0 fully saturated rings. The molecule has 0 aliphatic rings. The van der Waals surface area contributed by atoms with Crippen molar-refractivity contribution in [3.05, 3.63) is 0 Å². The summed E-state index contributed by atoms with van der Waals surface area (Å²) in [6, 6.07) is -0.839. The van der Waals surface area contributed by atoms with Crippen molar-refractivity contribution in [3.8, 4) is 0 Å². The Bertz CT molecular complexity index is 224. The van der Waals surface area contributed by atoms with Gasteiger partial charge in [0.25, 0.3) is 0 Å². The Labute approximate surface area is 68.8 Å². The van der Waals surface area contributed by atoms with Crippen LogP contribution in [0.5, 0.6) is 0 Å². The minimum Gasteiger partial charge on any atom is -0.305 e. The minimum absolute atomic E-state index is 0.419. The number of carbonyl (C=O) groups excluding carboxylic acids is 1. The van der Waals surface area contributed by atoms with Crippen LogP contribution < -0.4 is 0 Å². The quantitative estimate of drug-likeness (QED) is 0.270. The number of amides is 2. The van der Waals surface area contributed by atoms with E-state index in [1.165, 1.54) is 7.05 Å². The smallest absolute Gasteiger partial charge is 0.305 e. The molecule has 7 heteroatoms. The summed E-state index contributed by atoms with van der Waals surface area (Å²) in [6.45, 7) is 2.97. The van der Waals surface area contributed by atoms with Crippen LogP contribution in [0.15, 0.2) is 15.3 Å². The fraction of sp³-hybridized carbons (Fsp3) is 0.200. The van der Waals surface area contributed by atoms with Crippen LogP contribution in [0, 0.1) is 10.8 Å². The van der Waals surface area contributed by atoms with Crippen molar-refractivity contribution < 1.29 is 4.79 Å². The van der Waals surface area contributed by atoms with Gasteiger partial charge in [0.15, 0.2) is 5.84 Å². The molecule has 0 aromatic rings. The Hall–Kier alpha value is -1.92. The lowest BCUT2D eigenvalue weighted by Crippen LogP contribution is -2.29. The number of aliphatic imine (C=N–C) groups is 1. The number of hydrogen-bond donors (Lipinski definition) is 2. The number of nitrogens with one attached hydrogen (secondary N) is 2. The van der Waals surface area contributed by atoms with Gasteiger partial charge in [-0.2, -0.15) is 5.11 Å². The van der Waals surface area contributed by atoms with E-state index < -0.39 is 11.9 Å². The van der Waals surface area contributed by atoms with E-state index >= 15 is 0 Å². The molecule has 0 saturated heterocycles. The van der Waals surface area contributed by atoms with Gasteiger partial charge in [0, 0.05) is 0 Å². The lowest BCUT2D eigenvalue weighted by molar-refractivity contribution is 0.230. The van der Waals surface area contributed by atoms with Gasteiger partial charge < -0.3 is 5.41 Å². The van der Waals surface area contributed by atoms with Crippen molar-refractivity contribution in [3.63, 3.8) is 0 Å². The molecular formula is C5H8N6O. The molecule has 2 N–H and O–H groups in total. The van der Waals surface area contributed by atoms with Crippen molar-refractivity contribution >= 4 is 24.8 Å². The minimum atomic E-state index is -0.839. The van der Waals surface area contributed by atoms with E-state index in [2.05, 4.69) is 22.0 Å². The van der Waals surface area contributed by atoms with Gasteiger partial charge in [0.1, 0.15) is 0 Å². The summed E-state index contributed by atoms with van der Waals surface area (Å²) < 4.78 is 0. The number of urea groups is 1. The fourth-order valence-electron chi connectivity index (χ4n) is 0.407. The number of amidine groups is 1. The summed E-state index contributed by atoms with van der Waals surface area (Å²) >= 11 is 0. The zero-order valence-corrected chi connectivity index (χ0v) is 6.48. The number of rotatable bonds is 2. The van der Waals surface area contributed by atoms with Crippen molar-refractivity contribution in [1.82, 2.24) is 5.01 Å². The molecular weight excluding hydrogens is 160 g/mol. The molecule has 0 unspecified atom stereocenters. The maximum absolute atomic E-state index is 10.8. The van der Waals surface area contributed by atoms with E-state index in [1.807, 2.05) is 0 Å². The molecule has 0 aliphatic carbocycles. The largest absolute Gasteiger partial charge is 0.370 e. The molecule has 12 heavy (non-hydrogen) atoms. The van der Waals surface area contributed by atoms with E-state index in [-0.39, 0.29) is 0 Å². The van der Waals surface area contributed by atoms with E-state index in [1.54, 1.807) is 0 Å². The zero-order valence-electron chi connectivity index (χ0n) is 6.48. The first kappa shape index (κ1) is 10.1. The van der Waals surface area contributed by atoms with Crippen molar-refractivity contribution in [2.45, 2.75) is 0 Å². The molecule has 2 amide bonds. The van der Waals surface area contributed by atoms with Gasteiger partial charge in [-0.05, 0) is 6.72 Å². The van der Waals surface area contributed by atoms with Gasteiger partial charge in [0.05, 0.1) is 13.3 Å². The third-order valence-corrected chi connectivity index (χ3v) is 0.860. The molecule has 0 saturated carbocycles. The molecule has 0 aromatic carbocycles. The highest BCUT2D eigenvalue weighted by Gasteiger charge is 2.14. The van der Waals surface area contributed by atoms with Crippen LogP contribution in [0.4, 0.5) is 4.79 Å². The average Bonchev–Trinajstić information content (AvgIpc) is 2.11. The second-order valence-corrected chi connectivity index (χ2v) is 1.57. The van der Waals surface area contributed by atoms with Crippen LogP contribution in [0.3, 0.4) is 0 Å². The molecule has 7 nitrogen and oxygen atoms in total. The molecule has 0 radical (unpaired) electrons. The van der Waals surface area contributed by atoms with Crippen LogP contribution in [-0.4, -0.2) is 36.9 Å². The maximum atomic E-state index is 10.8. The Kier molecular flexibility index (Phi) is 4.06. The third-order valence-electron chi connectivity index (χ3n) is 0.860. The van der Waals surface area contributed by atoms with Crippen LogP contribution in [0.25, 0.3) is 0 Å². The first-order valence-electron chi connectivity index (χ1n) is 2.87. The van der Waals surface area contributed by atoms with Gasteiger partial charge >= 0.3 is 6.03 Å². The van der Waals surface area contributed by atoms with E-state index in [9.17, 15) is 4.79 Å². The van der Waals surface area contributed by atoms with E-state index in [0.29, 0.717) is 11.2 Å². The van der Waals surface area contributed by atoms with Crippen LogP contribution in [0.1, 0.15) is 0 Å². The van der Waals surface area contributed by atoms with Crippen LogP contribution >= 0.6 is 0 Å². The molecule has 0 aromatic heterocycles. The summed E-state index contributed by atoms with van der Waals surface area (Å²) in [4.78, 5) is 13.8. The van der Waals surface area contributed by atoms with E-state index in [0.717, 1.165) is 0 Å². The highest BCUT2D eigenvalue weighted by Crippen LogP contribution is 1.94. The van der Waals surface area contributed by atoms with Crippen LogP contribution in [-0.2, 0) is 0 Å². The predicted molar refractivity (Wildman–Crippen MR) is 44.1 cm³/mol. The Morgan fingerprint density at radius 2 is 2.25 bits per heavy atom. The Balaban J connectivity index is 4.64. The standard InChI is InChI=1S/C5H8N6O/c1-8-5(12)11(10-9-2)4(7)3-6/h3,6-7H,1H2,2H3. The van der Waals surface area contributed by atoms with Gasteiger partial charge in [-0.3, -0.25) is 5.41 Å². The SMILES string of the molecule is C=NC(=O)N(N=NC)C(=N)C=N. The zero-order chi connectivity index (χ0) is 9.56. The highest BCUT2D eigenvalue weighted by molar-refractivity contribution is 6.29. The van der Waals surface area contributed by atoms with Crippen molar-refractivity contribution in [1.29, 1.82) is 10.8 Å². The van der Waals surface area contributed by atoms with Gasteiger partial charge in [0.2, 0.25) is 0 Å². The molecule has 0 heterocycles. The number of hydrogen-bond acceptors (Lipinski definition) is 5. The maximum Gasteiger partial charge on any atom is 0.370 e. The molecule has 0 bridgehead atoms. The number of nitrogens with zero attached hydrogens (tertiary/aromatic N) is 4. The third kappa shape index (κ3) is 2.37. The monoisotopic (exact) mass is 168 g/mol. The lowest BCUT2D eigenvalue weighted by Gasteiger charge is -2.08. The summed E-state index contributed by atoms with van der Waals surface area (Å²) in [7, 11) is 1.33. The molecule has 64 valence electrons. The number of carbonyl (C=O) groups is 1. The fourth-order valence-corrected chi connectivity index (χ4v) is 0.407. The first-order chi connectivity index (χ1) is 5.67. The summed E-state index contributed by atoms with van der Waals surface area (Å²) in [5.74, 6) is -0.419. The second-order valence-electron chi connectivity index (χ2n) is 1.57. The highest BCUT2D eigenvalue weighted by atomic mass is 16.2. The van der Waals surface area contributed by atoms with Crippen LogP contribution in [0.2, 0.25) is 0 Å². The average molecular weight is 168 g/mol. The Morgan fingerprint density at radius 1 is 1.67 bits per heavy atom. The molecule has 0 rings (SSSR count). The lowest BCUT2D eigenvalue weighted by atomic mass is 10.6. The van der Waals surface area contributed by atoms with E-state index in [4.69, 9.17) is 10.8 Å². The summed E-state index contributed by atoms with van der Waals surface area (Å²) in [6.07, 6.45) is 0.651. The first-order valence-corrected chi connectivity index (χ1v) is 2.87. The van der Waals surface area contributed by atoms with Crippen molar-refractivity contribution in [2.75, 3.05) is 7.05 Å². The topological polar surface area (TPSA) is 105 Å². The summed E-state index contributed by atoms with van der Waals surface area (Å²) in [5, 5.41) is 20.8. The normalized spacial score (nSPS) is 9.42.